The second-order valence-corrected chi connectivity index (χ2v) is 7.24. The molecule has 0 radical (unpaired) electrons. The Morgan fingerprint density at radius 1 is 1.36 bits per heavy atom. The number of alkyl halides is 3. The summed E-state index contributed by atoms with van der Waals surface area (Å²) in [4.78, 5) is -0.406. The number of halogens is 5. The molecule has 1 atom stereocenters. The van der Waals surface area contributed by atoms with Gasteiger partial charge in [-0.2, -0.15) is 17.5 Å². The van der Waals surface area contributed by atoms with E-state index in [2.05, 4.69) is 0 Å². The van der Waals surface area contributed by atoms with Crippen LogP contribution in [-0.2, 0) is 16.2 Å². The van der Waals surface area contributed by atoms with Crippen molar-refractivity contribution in [2.45, 2.75) is 17.5 Å². The average molecular weight is 379 g/mol. The van der Waals surface area contributed by atoms with Crippen LogP contribution < -0.4 is 5.73 Å². The predicted molar refractivity (Wildman–Crippen MR) is 79.6 cm³/mol. The largest absolute Gasteiger partial charge is 0.417 e. The van der Waals surface area contributed by atoms with Crippen molar-refractivity contribution in [3.8, 4) is 0 Å². The van der Waals surface area contributed by atoms with Gasteiger partial charge in [0, 0.05) is 13.1 Å². The van der Waals surface area contributed by atoms with Crippen LogP contribution in [0.15, 0.2) is 23.1 Å². The van der Waals surface area contributed by atoms with Crippen LogP contribution in [0.1, 0.15) is 12.0 Å². The molecule has 1 aromatic carbocycles. The van der Waals surface area contributed by atoms with Gasteiger partial charge in [0.15, 0.2) is 0 Å². The summed E-state index contributed by atoms with van der Waals surface area (Å²) in [5.41, 5.74) is 4.34. The first-order chi connectivity index (χ1) is 9.66. The van der Waals surface area contributed by atoms with Gasteiger partial charge < -0.3 is 5.73 Å². The Hall–Kier alpha value is -0.540. The van der Waals surface area contributed by atoms with E-state index in [1.807, 2.05) is 0 Å². The fourth-order valence-corrected chi connectivity index (χ4v) is 4.02. The smallest absolute Gasteiger partial charge is 0.330 e. The van der Waals surface area contributed by atoms with Crippen molar-refractivity contribution >= 4 is 34.0 Å². The number of nitrogens with two attached hydrogens (primary N) is 1. The molecule has 4 nitrogen and oxygen atoms in total. The molecule has 0 bridgehead atoms. The Balaban J connectivity index is 0.00000242. The van der Waals surface area contributed by atoms with Gasteiger partial charge in [0.25, 0.3) is 0 Å². The number of nitrogens with zero attached hydrogens (tertiary/aromatic N) is 1. The maximum Gasteiger partial charge on any atom is 0.417 e. The van der Waals surface area contributed by atoms with Crippen molar-refractivity contribution in [3.05, 3.63) is 28.8 Å². The van der Waals surface area contributed by atoms with E-state index in [0.29, 0.717) is 19.0 Å². The lowest BCUT2D eigenvalue weighted by molar-refractivity contribution is -0.137. The van der Waals surface area contributed by atoms with Crippen LogP contribution in [-0.4, -0.2) is 32.4 Å². The van der Waals surface area contributed by atoms with Gasteiger partial charge >= 0.3 is 6.18 Å². The molecular formula is C12H15Cl2F3N2O2S. The van der Waals surface area contributed by atoms with Crippen molar-refractivity contribution in [1.82, 2.24) is 4.31 Å². The normalized spacial score (nSPS) is 20.0. The monoisotopic (exact) mass is 378 g/mol. The van der Waals surface area contributed by atoms with Crippen LogP contribution in [0.3, 0.4) is 0 Å². The predicted octanol–water partition coefficient (Wildman–Crippen LogP) is 2.75. The van der Waals surface area contributed by atoms with E-state index in [1.54, 1.807) is 0 Å². The summed E-state index contributed by atoms with van der Waals surface area (Å²) in [5, 5.41) is -0.525. The molecule has 0 amide bonds. The summed E-state index contributed by atoms with van der Waals surface area (Å²) in [6.45, 7) is 0.831. The first kappa shape index (κ1) is 19.5. The van der Waals surface area contributed by atoms with Gasteiger partial charge in [0.2, 0.25) is 10.0 Å². The van der Waals surface area contributed by atoms with Crippen LogP contribution in [0.5, 0.6) is 0 Å². The van der Waals surface area contributed by atoms with Crippen molar-refractivity contribution in [3.63, 3.8) is 0 Å². The van der Waals surface area contributed by atoms with E-state index in [9.17, 15) is 21.6 Å². The van der Waals surface area contributed by atoms with E-state index in [1.165, 1.54) is 0 Å². The summed E-state index contributed by atoms with van der Waals surface area (Å²) in [6.07, 6.45) is -4.09. The van der Waals surface area contributed by atoms with Crippen LogP contribution in [0.4, 0.5) is 13.2 Å². The zero-order valence-electron chi connectivity index (χ0n) is 11.3. The standard InChI is InChI=1S/C12H14ClF3N2O2S.ClH/c13-11-2-1-9(5-10(11)12(14,15)16)21(19,20)18-4-3-8(6-17)7-18;/h1-2,5,8H,3-4,6-7,17H2;1H. The molecule has 22 heavy (non-hydrogen) atoms. The number of benzene rings is 1. The van der Waals surface area contributed by atoms with Gasteiger partial charge in [-0.25, -0.2) is 8.42 Å². The molecule has 2 rings (SSSR count). The minimum atomic E-state index is -4.70. The molecule has 2 N–H and O–H groups in total. The van der Waals surface area contributed by atoms with Crippen LogP contribution >= 0.6 is 24.0 Å². The Morgan fingerprint density at radius 2 is 2.00 bits per heavy atom. The second kappa shape index (κ2) is 6.92. The second-order valence-electron chi connectivity index (χ2n) is 4.89. The van der Waals surface area contributed by atoms with Crippen LogP contribution in [0.2, 0.25) is 5.02 Å². The maximum atomic E-state index is 12.8. The third kappa shape index (κ3) is 3.86. The summed E-state index contributed by atoms with van der Waals surface area (Å²) in [7, 11) is -3.96. The molecule has 0 saturated carbocycles. The molecule has 1 saturated heterocycles. The lowest BCUT2D eigenvalue weighted by Gasteiger charge is -2.18. The van der Waals surface area contributed by atoms with Gasteiger partial charge in [0.1, 0.15) is 0 Å². The number of sulfonamides is 1. The van der Waals surface area contributed by atoms with Crippen molar-refractivity contribution < 1.29 is 21.6 Å². The molecule has 126 valence electrons. The zero-order valence-corrected chi connectivity index (χ0v) is 13.7. The highest BCUT2D eigenvalue weighted by molar-refractivity contribution is 7.89. The zero-order chi connectivity index (χ0) is 15.8. The molecule has 0 aliphatic carbocycles. The lowest BCUT2D eigenvalue weighted by Crippen LogP contribution is -2.30. The van der Waals surface area contributed by atoms with E-state index in [-0.39, 0.29) is 31.4 Å². The maximum absolute atomic E-state index is 12.8. The Labute approximate surface area is 137 Å². The SMILES string of the molecule is Cl.NCC1CCN(S(=O)(=O)c2ccc(Cl)c(C(F)(F)F)c2)C1. The minimum absolute atomic E-state index is 0. The lowest BCUT2D eigenvalue weighted by atomic mass is 10.1. The number of hydrogen-bond donors (Lipinski definition) is 1. The van der Waals surface area contributed by atoms with Gasteiger partial charge in [-0.1, -0.05) is 11.6 Å². The molecule has 1 aliphatic rings. The molecule has 0 spiro atoms. The van der Waals surface area contributed by atoms with Crippen molar-refractivity contribution in [2.75, 3.05) is 19.6 Å². The van der Waals surface area contributed by atoms with Crippen LogP contribution in [0, 0.1) is 5.92 Å². The van der Waals surface area contributed by atoms with E-state index in [0.717, 1.165) is 16.4 Å². The van der Waals surface area contributed by atoms with Gasteiger partial charge in [-0.05, 0) is 37.1 Å². The highest BCUT2D eigenvalue weighted by Crippen LogP contribution is 2.36. The van der Waals surface area contributed by atoms with Crippen molar-refractivity contribution in [2.24, 2.45) is 11.7 Å². The third-order valence-corrected chi connectivity index (χ3v) is 5.65. The van der Waals surface area contributed by atoms with Gasteiger partial charge in [0.05, 0.1) is 15.5 Å². The number of rotatable bonds is 3. The Kier molecular flexibility index (Phi) is 6.14. The summed E-state index contributed by atoms with van der Waals surface area (Å²) in [5.74, 6) is 0.0363. The summed E-state index contributed by atoms with van der Waals surface area (Å²) in [6, 6.07) is 2.61. The first-order valence-corrected chi connectivity index (χ1v) is 8.05. The molecule has 0 aromatic heterocycles. The minimum Gasteiger partial charge on any atom is -0.330 e. The van der Waals surface area contributed by atoms with Crippen molar-refractivity contribution in [1.29, 1.82) is 0 Å². The fraction of sp³-hybridized carbons (Fsp3) is 0.500. The Bertz CT molecular complexity index is 638. The molecule has 1 unspecified atom stereocenters. The molecule has 1 aromatic rings. The molecular weight excluding hydrogens is 364 g/mol. The van der Waals surface area contributed by atoms with E-state index >= 15 is 0 Å². The molecule has 1 fully saturated rings. The fourth-order valence-electron chi connectivity index (χ4n) is 2.24. The molecule has 10 heteroatoms. The van der Waals surface area contributed by atoms with Gasteiger partial charge in [-0.3, -0.25) is 0 Å². The quantitative estimate of drug-likeness (QED) is 0.879. The van der Waals surface area contributed by atoms with E-state index < -0.39 is 31.7 Å². The molecule has 1 aliphatic heterocycles. The topological polar surface area (TPSA) is 63.4 Å². The van der Waals surface area contributed by atoms with E-state index in [4.69, 9.17) is 17.3 Å². The highest BCUT2D eigenvalue weighted by atomic mass is 35.5. The Morgan fingerprint density at radius 3 is 2.50 bits per heavy atom. The molecule has 1 heterocycles. The summed E-state index contributed by atoms with van der Waals surface area (Å²) < 4.78 is 64.3. The highest BCUT2D eigenvalue weighted by Gasteiger charge is 2.37. The summed E-state index contributed by atoms with van der Waals surface area (Å²) >= 11 is 5.49. The third-order valence-electron chi connectivity index (χ3n) is 3.46. The van der Waals surface area contributed by atoms with Crippen LogP contribution in [0.25, 0.3) is 0 Å². The first-order valence-electron chi connectivity index (χ1n) is 6.23. The average Bonchev–Trinajstić information content (AvgIpc) is 2.87. The van der Waals surface area contributed by atoms with Gasteiger partial charge in [-0.15, -0.1) is 12.4 Å². The number of hydrogen-bond acceptors (Lipinski definition) is 3.